The molecule has 20 heavy (non-hydrogen) atoms. The summed E-state index contributed by atoms with van der Waals surface area (Å²) < 4.78 is 5.75. The van der Waals surface area contributed by atoms with E-state index in [1.807, 2.05) is 52.1 Å². The molecule has 114 valence electrons. The van der Waals surface area contributed by atoms with Gasteiger partial charge in [-0.15, -0.1) is 12.4 Å². The summed E-state index contributed by atoms with van der Waals surface area (Å²) in [5.74, 6) is 0.857. The largest absolute Gasteiger partial charge is 0.489 e. The number of halogens is 1. The lowest BCUT2D eigenvalue weighted by Crippen LogP contribution is -2.39. The second kappa shape index (κ2) is 9.61. The van der Waals surface area contributed by atoms with Crippen LogP contribution in [0.1, 0.15) is 19.4 Å². The predicted molar refractivity (Wildman–Crippen MR) is 84.6 cm³/mol. The van der Waals surface area contributed by atoms with E-state index in [9.17, 15) is 4.79 Å². The third kappa shape index (κ3) is 6.78. The van der Waals surface area contributed by atoms with Crippen LogP contribution in [0.4, 0.5) is 0 Å². The number of benzene rings is 1. The first-order valence-electron chi connectivity index (χ1n) is 6.68. The molecule has 2 unspecified atom stereocenters. The van der Waals surface area contributed by atoms with Crippen molar-refractivity contribution in [1.82, 2.24) is 10.6 Å². The molecule has 0 aliphatic rings. The number of amides is 1. The van der Waals surface area contributed by atoms with Crippen molar-refractivity contribution in [2.45, 2.75) is 26.9 Å². The fraction of sp³-hybridized carbons (Fsp3) is 0.533. The quantitative estimate of drug-likeness (QED) is 0.811. The standard InChI is InChI=1S/C15H24N2O2.ClH/c1-11-6-5-7-14(8-11)19-13(3)10-17-15(18)12(2)9-16-4;/h5-8,12-13,16H,9-10H2,1-4H3,(H,17,18);1H. The van der Waals surface area contributed by atoms with Crippen molar-refractivity contribution in [2.75, 3.05) is 20.1 Å². The summed E-state index contributed by atoms with van der Waals surface area (Å²) in [5, 5.41) is 5.89. The van der Waals surface area contributed by atoms with Crippen molar-refractivity contribution in [3.8, 4) is 5.75 Å². The Balaban J connectivity index is 0.00000361. The van der Waals surface area contributed by atoms with Gasteiger partial charge in [0.05, 0.1) is 6.54 Å². The number of carbonyl (C=O) groups excluding carboxylic acids is 1. The Kier molecular flexibility index (Phi) is 9.01. The van der Waals surface area contributed by atoms with Crippen LogP contribution < -0.4 is 15.4 Å². The van der Waals surface area contributed by atoms with Crippen molar-refractivity contribution in [2.24, 2.45) is 5.92 Å². The zero-order valence-electron chi connectivity index (χ0n) is 12.6. The lowest BCUT2D eigenvalue weighted by molar-refractivity contribution is -0.124. The Morgan fingerprint density at radius 2 is 2.00 bits per heavy atom. The lowest BCUT2D eigenvalue weighted by atomic mass is 10.1. The average Bonchev–Trinajstić information content (AvgIpc) is 2.36. The second-order valence-corrected chi connectivity index (χ2v) is 4.95. The van der Waals surface area contributed by atoms with Gasteiger partial charge in [0, 0.05) is 12.5 Å². The van der Waals surface area contributed by atoms with Gasteiger partial charge in [-0.3, -0.25) is 4.79 Å². The maximum Gasteiger partial charge on any atom is 0.224 e. The van der Waals surface area contributed by atoms with E-state index < -0.39 is 0 Å². The summed E-state index contributed by atoms with van der Waals surface area (Å²) in [6, 6.07) is 7.90. The monoisotopic (exact) mass is 300 g/mol. The average molecular weight is 301 g/mol. The SMILES string of the molecule is CNCC(C)C(=O)NCC(C)Oc1cccc(C)c1.Cl. The molecule has 0 aromatic heterocycles. The summed E-state index contributed by atoms with van der Waals surface area (Å²) in [5.41, 5.74) is 1.16. The highest BCUT2D eigenvalue weighted by molar-refractivity contribution is 5.85. The van der Waals surface area contributed by atoms with Crippen molar-refractivity contribution in [3.05, 3.63) is 29.8 Å². The van der Waals surface area contributed by atoms with E-state index in [1.165, 1.54) is 0 Å². The molecule has 1 rings (SSSR count). The topological polar surface area (TPSA) is 50.4 Å². The van der Waals surface area contributed by atoms with Gasteiger partial charge < -0.3 is 15.4 Å². The first-order valence-corrected chi connectivity index (χ1v) is 6.68. The smallest absolute Gasteiger partial charge is 0.224 e. The summed E-state index contributed by atoms with van der Waals surface area (Å²) in [6.07, 6.45) is -0.0486. The third-order valence-corrected chi connectivity index (χ3v) is 2.85. The van der Waals surface area contributed by atoms with Crippen molar-refractivity contribution in [3.63, 3.8) is 0 Å². The van der Waals surface area contributed by atoms with Gasteiger partial charge in [0.2, 0.25) is 5.91 Å². The molecule has 0 radical (unpaired) electrons. The molecule has 1 amide bonds. The number of hydrogen-bond acceptors (Lipinski definition) is 3. The fourth-order valence-electron chi connectivity index (χ4n) is 1.78. The van der Waals surface area contributed by atoms with Gasteiger partial charge in [-0.05, 0) is 38.6 Å². The molecule has 0 saturated heterocycles. The van der Waals surface area contributed by atoms with Gasteiger partial charge >= 0.3 is 0 Å². The molecule has 1 aromatic rings. The van der Waals surface area contributed by atoms with Gasteiger partial charge in [-0.25, -0.2) is 0 Å². The minimum atomic E-state index is -0.0486. The number of aryl methyl sites for hydroxylation is 1. The van der Waals surface area contributed by atoms with Crippen LogP contribution in [-0.2, 0) is 4.79 Å². The van der Waals surface area contributed by atoms with E-state index in [0.717, 1.165) is 11.3 Å². The third-order valence-electron chi connectivity index (χ3n) is 2.85. The molecule has 0 saturated carbocycles. The molecule has 0 spiro atoms. The summed E-state index contributed by atoms with van der Waals surface area (Å²) in [6.45, 7) is 7.07. The van der Waals surface area contributed by atoms with Crippen LogP contribution in [0.5, 0.6) is 5.75 Å². The number of nitrogens with one attached hydrogen (secondary N) is 2. The van der Waals surface area contributed by atoms with Gasteiger partial charge in [-0.1, -0.05) is 19.1 Å². The first-order chi connectivity index (χ1) is 9.02. The molecule has 1 aromatic carbocycles. The number of hydrogen-bond donors (Lipinski definition) is 2. The Labute approximate surface area is 127 Å². The molecule has 0 aliphatic carbocycles. The summed E-state index contributed by atoms with van der Waals surface area (Å²) in [4.78, 5) is 11.7. The van der Waals surface area contributed by atoms with Crippen molar-refractivity contribution >= 4 is 18.3 Å². The molecule has 0 bridgehead atoms. The zero-order valence-corrected chi connectivity index (χ0v) is 13.4. The van der Waals surface area contributed by atoms with Crippen LogP contribution in [0.25, 0.3) is 0 Å². The maximum atomic E-state index is 11.7. The minimum Gasteiger partial charge on any atom is -0.489 e. The molecular weight excluding hydrogens is 276 g/mol. The normalized spacial score (nSPS) is 13.0. The Bertz CT molecular complexity index is 413. The molecule has 0 heterocycles. The lowest BCUT2D eigenvalue weighted by Gasteiger charge is -2.17. The van der Waals surface area contributed by atoms with E-state index in [-0.39, 0.29) is 30.3 Å². The molecule has 2 N–H and O–H groups in total. The van der Waals surface area contributed by atoms with Crippen LogP contribution in [-0.4, -0.2) is 32.1 Å². The Morgan fingerprint density at radius 3 is 2.60 bits per heavy atom. The predicted octanol–water partition coefficient (Wildman–Crippen LogP) is 2.16. The zero-order chi connectivity index (χ0) is 14.3. The number of carbonyl (C=O) groups is 1. The number of rotatable bonds is 7. The minimum absolute atomic E-state index is 0. The van der Waals surface area contributed by atoms with Crippen LogP contribution in [0.2, 0.25) is 0 Å². The van der Waals surface area contributed by atoms with Gasteiger partial charge in [0.25, 0.3) is 0 Å². The van der Waals surface area contributed by atoms with Gasteiger partial charge in [0.1, 0.15) is 11.9 Å². The van der Waals surface area contributed by atoms with Gasteiger partial charge in [-0.2, -0.15) is 0 Å². The molecule has 0 aliphatic heterocycles. The van der Waals surface area contributed by atoms with Crippen molar-refractivity contribution in [1.29, 1.82) is 0 Å². The van der Waals surface area contributed by atoms with E-state index >= 15 is 0 Å². The molecular formula is C15H25ClN2O2. The van der Waals surface area contributed by atoms with Crippen LogP contribution in [0.3, 0.4) is 0 Å². The summed E-state index contributed by atoms with van der Waals surface area (Å²) in [7, 11) is 1.84. The van der Waals surface area contributed by atoms with Crippen molar-refractivity contribution < 1.29 is 9.53 Å². The van der Waals surface area contributed by atoms with Crippen LogP contribution >= 0.6 is 12.4 Å². The Morgan fingerprint density at radius 1 is 1.30 bits per heavy atom. The van der Waals surface area contributed by atoms with E-state index in [2.05, 4.69) is 10.6 Å². The molecule has 4 nitrogen and oxygen atoms in total. The van der Waals surface area contributed by atoms with Gasteiger partial charge in [0.15, 0.2) is 0 Å². The Hall–Kier alpha value is -1.26. The van der Waals surface area contributed by atoms with Crippen LogP contribution in [0, 0.1) is 12.8 Å². The van der Waals surface area contributed by atoms with E-state index in [1.54, 1.807) is 0 Å². The van der Waals surface area contributed by atoms with Crippen LogP contribution in [0.15, 0.2) is 24.3 Å². The highest BCUT2D eigenvalue weighted by atomic mass is 35.5. The van der Waals surface area contributed by atoms with E-state index in [4.69, 9.17) is 4.74 Å². The summed E-state index contributed by atoms with van der Waals surface area (Å²) >= 11 is 0. The van der Waals surface area contributed by atoms with E-state index in [0.29, 0.717) is 13.1 Å². The maximum absolute atomic E-state index is 11.7. The highest BCUT2D eigenvalue weighted by Crippen LogP contribution is 2.13. The first kappa shape index (κ1) is 18.7. The number of ether oxygens (including phenoxy) is 1. The molecule has 2 atom stereocenters. The fourth-order valence-corrected chi connectivity index (χ4v) is 1.78. The molecule has 5 heteroatoms. The highest BCUT2D eigenvalue weighted by Gasteiger charge is 2.13. The second-order valence-electron chi connectivity index (χ2n) is 4.95. The molecule has 0 fully saturated rings.